The van der Waals surface area contributed by atoms with Gasteiger partial charge in [0.2, 0.25) is 6.41 Å². The van der Waals surface area contributed by atoms with Gasteiger partial charge in [0.25, 0.3) is 0 Å². The zero-order valence-corrected chi connectivity index (χ0v) is 5.83. The van der Waals surface area contributed by atoms with Gasteiger partial charge in [0.05, 0.1) is 0 Å². The lowest BCUT2D eigenvalue weighted by molar-refractivity contribution is -0.138. The van der Waals surface area contributed by atoms with E-state index in [0.29, 0.717) is 13.0 Å². The van der Waals surface area contributed by atoms with Crippen LogP contribution in [0.1, 0.15) is 13.3 Å². The Balaban J connectivity index is 3.33. The highest BCUT2D eigenvalue weighted by atomic mass is 16.4. The summed E-state index contributed by atoms with van der Waals surface area (Å²) in [4.78, 5) is 19.8. The molecule has 4 heteroatoms. The molecule has 0 aromatic rings. The van der Waals surface area contributed by atoms with E-state index in [1.807, 2.05) is 0 Å². The van der Waals surface area contributed by atoms with Gasteiger partial charge in [-0.05, 0) is 5.92 Å². The van der Waals surface area contributed by atoms with Crippen molar-refractivity contribution in [2.24, 2.45) is 5.92 Å². The number of rotatable bonds is 5. The Kier molecular flexibility index (Phi) is 4.28. The van der Waals surface area contributed by atoms with Crippen molar-refractivity contribution in [3.8, 4) is 0 Å². The fourth-order valence-electron chi connectivity index (χ4n) is 0.620. The molecule has 0 aromatic carbocycles. The van der Waals surface area contributed by atoms with E-state index in [9.17, 15) is 9.59 Å². The van der Waals surface area contributed by atoms with E-state index in [4.69, 9.17) is 5.11 Å². The average molecular weight is 145 g/mol. The van der Waals surface area contributed by atoms with Crippen LogP contribution in [0.2, 0.25) is 0 Å². The van der Waals surface area contributed by atoms with Crippen molar-refractivity contribution in [2.45, 2.75) is 13.3 Å². The predicted molar refractivity (Wildman–Crippen MR) is 35.5 cm³/mol. The summed E-state index contributed by atoms with van der Waals surface area (Å²) in [6, 6.07) is 0. The molecule has 1 amide bonds. The van der Waals surface area contributed by atoms with Gasteiger partial charge in [-0.3, -0.25) is 9.59 Å². The summed E-state index contributed by atoms with van der Waals surface area (Å²) in [6.45, 7) is 2.19. The highest BCUT2D eigenvalue weighted by molar-refractivity contribution is 5.67. The zero-order valence-electron chi connectivity index (χ0n) is 5.83. The minimum atomic E-state index is -0.833. The fraction of sp³-hybridized carbons (Fsp3) is 0.667. The van der Waals surface area contributed by atoms with Crippen molar-refractivity contribution >= 4 is 12.4 Å². The maximum atomic E-state index is 10.1. The average Bonchev–Trinajstić information content (AvgIpc) is 1.82. The molecule has 2 N–H and O–H groups in total. The Morgan fingerprint density at radius 1 is 1.80 bits per heavy atom. The van der Waals surface area contributed by atoms with Crippen molar-refractivity contribution in [3.05, 3.63) is 0 Å². The molecular weight excluding hydrogens is 134 g/mol. The second-order valence-corrected chi connectivity index (χ2v) is 2.23. The summed E-state index contributed by atoms with van der Waals surface area (Å²) in [6.07, 6.45) is 0.666. The van der Waals surface area contributed by atoms with Crippen LogP contribution in [0.25, 0.3) is 0 Å². The van der Waals surface area contributed by atoms with Gasteiger partial charge in [-0.2, -0.15) is 0 Å². The van der Waals surface area contributed by atoms with Crippen LogP contribution in [0.4, 0.5) is 0 Å². The van der Waals surface area contributed by atoms with Gasteiger partial charge >= 0.3 is 5.97 Å². The molecule has 0 fully saturated rings. The minimum absolute atomic E-state index is 0.00250. The summed E-state index contributed by atoms with van der Waals surface area (Å²) in [5, 5.41) is 10.7. The standard InChI is InChI=1S/C6H11NO3/c1-5(2-6(9)10)3-7-4-8/h4-5H,2-3H2,1H3,(H,7,8)(H,9,10). The molecule has 0 radical (unpaired) electrons. The molecule has 0 bridgehead atoms. The molecule has 0 rings (SSSR count). The molecule has 1 unspecified atom stereocenters. The van der Waals surface area contributed by atoms with E-state index in [0.717, 1.165) is 0 Å². The topological polar surface area (TPSA) is 66.4 Å². The van der Waals surface area contributed by atoms with Crippen LogP contribution in [0.15, 0.2) is 0 Å². The van der Waals surface area contributed by atoms with E-state index >= 15 is 0 Å². The van der Waals surface area contributed by atoms with Crippen LogP contribution in [0, 0.1) is 5.92 Å². The summed E-state index contributed by atoms with van der Waals surface area (Å²) in [7, 11) is 0. The number of carboxylic acid groups (broad SMARTS) is 1. The lowest BCUT2D eigenvalue weighted by atomic mass is 10.1. The first-order chi connectivity index (χ1) is 4.66. The van der Waals surface area contributed by atoms with Crippen LogP contribution >= 0.6 is 0 Å². The second-order valence-electron chi connectivity index (χ2n) is 2.23. The Bertz CT molecular complexity index is 124. The first kappa shape index (κ1) is 8.94. The van der Waals surface area contributed by atoms with Gasteiger partial charge in [-0.25, -0.2) is 0 Å². The largest absolute Gasteiger partial charge is 0.481 e. The number of hydrogen-bond acceptors (Lipinski definition) is 2. The first-order valence-electron chi connectivity index (χ1n) is 3.05. The summed E-state index contributed by atoms with van der Waals surface area (Å²) >= 11 is 0. The zero-order chi connectivity index (χ0) is 7.98. The van der Waals surface area contributed by atoms with Gasteiger partial charge < -0.3 is 10.4 Å². The predicted octanol–water partition coefficient (Wildman–Crippen LogP) is -0.157. The molecule has 10 heavy (non-hydrogen) atoms. The third-order valence-electron chi connectivity index (χ3n) is 1.07. The monoisotopic (exact) mass is 145 g/mol. The van der Waals surface area contributed by atoms with Crippen LogP contribution in [-0.2, 0) is 9.59 Å². The van der Waals surface area contributed by atoms with Crippen LogP contribution in [0.3, 0.4) is 0 Å². The molecule has 0 saturated carbocycles. The van der Waals surface area contributed by atoms with Gasteiger partial charge in [0.1, 0.15) is 0 Å². The molecule has 0 saturated heterocycles. The molecule has 0 spiro atoms. The number of nitrogens with one attached hydrogen (secondary N) is 1. The number of carbonyl (C=O) groups excluding carboxylic acids is 1. The van der Waals surface area contributed by atoms with E-state index in [1.54, 1.807) is 6.92 Å². The molecule has 58 valence electrons. The van der Waals surface area contributed by atoms with Gasteiger partial charge in [0.15, 0.2) is 0 Å². The van der Waals surface area contributed by atoms with E-state index < -0.39 is 5.97 Å². The molecule has 0 heterocycles. The number of carboxylic acids is 1. The molecule has 0 aliphatic rings. The highest BCUT2D eigenvalue weighted by Gasteiger charge is 2.05. The minimum Gasteiger partial charge on any atom is -0.481 e. The second kappa shape index (κ2) is 4.78. The normalized spacial score (nSPS) is 12.1. The highest BCUT2D eigenvalue weighted by Crippen LogP contribution is 1.97. The maximum Gasteiger partial charge on any atom is 0.303 e. The summed E-state index contributed by atoms with van der Waals surface area (Å²) in [5.41, 5.74) is 0. The number of amides is 1. The van der Waals surface area contributed by atoms with Crippen molar-refractivity contribution in [2.75, 3.05) is 6.54 Å². The molecule has 0 aliphatic heterocycles. The van der Waals surface area contributed by atoms with Crippen molar-refractivity contribution in [3.63, 3.8) is 0 Å². The maximum absolute atomic E-state index is 10.1. The van der Waals surface area contributed by atoms with Gasteiger partial charge in [0, 0.05) is 13.0 Å². The molecule has 4 nitrogen and oxygen atoms in total. The Morgan fingerprint density at radius 2 is 2.40 bits per heavy atom. The van der Waals surface area contributed by atoms with Crippen molar-refractivity contribution in [1.82, 2.24) is 5.32 Å². The summed E-state index contributed by atoms with van der Waals surface area (Å²) in [5.74, 6) is -0.831. The van der Waals surface area contributed by atoms with Crippen molar-refractivity contribution in [1.29, 1.82) is 0 Å². The van der Waals surface area contributed by atoms with Gasteiger partial charge in [-0.15, -0.1) is 0 Å². The molecule has 0 aromatic heterocycles. The molecule has 1 atom stereocenters. The SMILES string of the molecule is CC(CNC=O)CC(=O)O. The Morgan fingerprint density at radius 3 is 2.80 bits per heavy atom. The number of carbonyl (C=O) groups is 2. The first-order valence-corrected chi connectivity index (χ1v) is 3.05. The molecule has 0 aliphatic carbocycles. The molecular formula is C6H11NO3. The van der Waals surface area contributed by atoms with E-state index in [2.05, 4.69) is 5.32 Å². The van der Waals surface area contributed by atoms with E-state index in [-0.39, 0.29) is 12.3 Å². The fourth-order valence-corrected chi connectivity index (χ4v) is 0.620. The smallest absolute Gasteiger partial charge is 0.303 e. The Hall–Kier alpha value is -1.06. The third kappa shape index (κ3) is 5.08. The third-order valence-corrected chi connectivity index (χ3v) is 1.07. The number of hydrogen-bond donors (Lipinski definition) is 2. The Labute approximate surface area is 59.2 Å². The van der Waals surface area contributed by atoms with Crippen molar-refractivity contribution < 1.29 is 14.7 Å². The lowest BCUT2D eigenvalue weighted by Crippen LogP contribution is -2.21. The van der Waals surface area contributed by atoms with Crippen LogP contribution in [0.5, 0.6) is 0 Å². The lowest BCUT2D eigenvalue weighted by Gasteiger charge is -2.05. The number of aliphatic carboxylic acids is 1. The van der Waals surface area contributed by atoms with Gasteiger partial charge in [-0.1, -0.05) is 6.92 Å². The van der Waals surface area contributed by atoms with Crippen LogP contribution < -0.4 is 5.32 Å². The quantitative estimate of drug-likeness (QED) is 0.528. The summed E-state index contributed by atoms with van der Waals surface area (Å²) < 4.78 is 0. The van der Waals surface area contributed by atoms with E-state index in [1.165, 1.54) is 0 Å². The van der Waals surface area contributed by atoms with Crippen LogP contribution in [-0.4, -0.2) is 24.0 Å².